The van der Waals surface area contributed by atoms with Gasteiger partial charge in [0.1, 0.15) is 18.2 Å². The molecule has 3 aromatic carbocycles. The van der Waals surface area contributed by atoms with Crippen molar-refractivity contribution in [3.8, 4) is 5.75 Å². The second-order valence-electron chi connectivity index (χ2n) is 5.61. The van der Waals surface area contributed by atoms with Gasteiger partial charge < -0.3 is 10.1 Å². The van der Waals surface area contributed by atoms with Gasteiger partial charge in [-0.25, -0.2) is 4.39 Å². The fourth-order valence-electron chi connectivity index (χ4n) is 2.42. The van der Waals surface area contributed by atoms with E-state index in [1.807, 2.05) is 24.3 Å². The molecular formula is C20H15BrCl2FNO. The van der Waals surface area contributed by atoms with E-state index in [9.17, 15) is 4.39 Å². The third kappa shape index (κ3) is 4.91. The molecule has 0 heterocycles. The van der Waals surface area contributed by atoms with E-state index in [0.29, 0.717) is 27.9 Å². The lowest BCUT2D eigenvalue weighted by Crippen LogP contribution is -2.05. The van der Waals surface area contributed by atoms with Crippen LogP contribution in [0.25, 0.3) is 0 Å². The molecule has 0 atom stereocenters. The van der Waals surface area contributed by atoms with Crippen molar-refractivity contribution in [3.63, 3.8) is 0 Å². The SMILES string of the molecule is Fc1ccccc1COc1ccc(Br)cc1CNc1ccc(Cl)cc1Cl. The molecule has 1 N–H and O–H groups in total. The molecule has 3 rings (SSSR count). The van der Waals surface area contributed by atoms with Crippen LogP contribution in [0.2, 0.25) is 10.0 Å². The van der Waals surface area contributed by atoms with Gasteiger partial charge in [0, 0.05) is 27.2 Å². The molecule has 6 heteroatoms. The van der Waals surface area contributed by atoms with Crippen molar-refractivity contribution in [2.75, 3.05) is 5.32 Å². The van der Waals surface area contributed by atoms with Gasteiger partial charge in [-0.3, -0.25) is 0 Å². The highest BCUT2D eigenvalue weighted by atomic mass is 79.9. The summed E-state index contributed by atoms with van der Waals surface area (Å²) in [7, 11) is 0. The summed E-state index contributed by atoms with van der Waals surface area (Å²) < 4.78 is 20.5. The van der Waals surface area contributed by atoms with Crippen molar-refractivity contribution in [2.45, 2.75) is 13.2 Å². The molecule has 0 aliphatic carbocycles. The molecule has 0 spiro atoms. The third-order valence-electron chi connectivity index (χ3n) is 3.76. The molecule has 26 heavy (non-hydrogen) atoms. The first-order valence-corrected chi connectivity index (χ1v) is 9.41. The number of nitrogens with one attached hydrogen (secondary N) is 1. The van der Waals surface area contributed by atoms with E-state index in [1.165, 1.54) is 6.07 Å². The molecule has 0 saturated heterocycles. The molecule has 0 fully saturated rings. The zero-order valence-corrected chi connectivity index (χ0v) is 16.7. The topological polar surface area (TPSA) is 21.3 Å². The Hall–Kier alpha value is -1.75. The van der Waals surface area contributed by atoms with E-state index in [4.69, 9.17) is 27.9 Å². The number of ether oxygens (including phenoxy) is 1. The Kier molecular flexibility index (Phi) is 6.41. The molecule has 0 radical (unpaired) electrons. The fraction of sp³-hybridized carbons (Fsp3) is 0.100. The van der Waals surface area contributed by atoms with Crippen molar-refractivity contribution >= 4 is 44.8 Å². The van der Waals surface area contributed by atoms with Crippen LogP contribution in [0, 0.1) is 5.82 Å². The zero-order valence-electron chi connectivity index (χ0n) is 13.6. The van der Waals surface area contributed by atoms with E-state index in [1.54, 1.807) is 30.3 Å². The highest BCUT2D eigenvalue weighted by molar-refractivity contribution is 9.10. The lowest BCUT2D eigenvalue weighted by atomic mass is 10.2. The van der Waals surface area contributed by atoms with Crippen molar-refractivity contribution in [1.29, 1.82) is 0 Å². The fourth-order valence-corrected chi connectivity index (χ4v) is 3.31. The van der Waals surface area contributed by atoms with Gasteiger partial charge in [-0.2, -0.15) is 0 Å². The van der Waals surface area contributed by atoms with Crippen LogP contribution in [0.5, 0.6) is 5.75 Å². The third-order valence-corrected chi connectivity index (χ3v) is 4.81. The molecular weight excluding hydrogens is 440 g/mol. The summed E-state index contributed by atoms with van der Waals surface area (Å²) in [6.07, 6.45) is 0. The maximum absolute atomic E-state index is 13.8. The quantitative estimate of drug-likeness (QED) is 0.429. The van der Waals surface area contributed by atoms with Crippen LogP contribution in [0.4, 0.5) is 10.1 Å². The predicted octanol–water partition coefficient (Wildman–Crippen LogP) is 7.09. The molecule has 134 valence electrons. The largest absolute Gasteiger partial charge is 0.488 e. The molecule has 0 unspecified atom stereocenters. The smallest absolute Gasteiger partial charge is 0.129 e. The predicted molar refractivity (Wildman–Crippen MR) is 109 cm³/mol. The van der Waals surface area contributed by atoms with Gasteiger partial charge in [0.25, 0.3) is 0 Å². The molecule has 0 amide bonds. The number of hydrogen-bond acceptors (Lipinski definition) is 2. The second-order valence-corrected chi connectivity index (χ2v) is 7.37. The van der Waals surface area contributed by atoms with Crippen molar-refractivity contribution < 1.29 is 9.13 Å². The minimum absolute atomic E-state index is 0.156. The molecule has 0 bridgehead atoms. The Morgan fingerprint density at radius 2 is 1.77 bits per heavy atom. The van der Waals surface area contributed by atoms with Crippen LogP contribution in [-0.4, -0.2) is 0 Å². The van der Waals surface area contributed by atoms with Gasteiger partial charge in [0.2, 0.25) is 0 Å². The second kappa shape index (κ2) is 8.76. The number of rotatable bonds is 6. The average molecular weight is 455 g/mol. The normalized spacial score (nSPS) is 10.6. The Balaban J connectivity index is 1.74. The lowest BCUT2D eigenvalue weighted by molar-refractivity contribution is 0.297. The first kappa shape index (κ1) is 19.0. The van der Waals surface area contributed by atoms with Gasteiger partial charge in [-0.15, -0.1) is 0 Å². The number of anilines is 1. The Bertz CT molecular complexity index is 920. The summed E-state index contributed by atoms with van der Waals surface area (Å²) >= 11 is 15.6. The average Bonchev–Trinajstić information content (AvgIpc) is 2.61. The Labute approximate surface area is 170 Å². The first-order chi connectivity index (χ1) is 12.5. The van der Waals surface area contributed by atoms with E-state index >= 15 is 0 Å². The maximum Gasteiger partial charge on any atom is 0.129 e. The Morgan fingerprint density at radius 3 is 2.54 bits per heavy atom. The summed E-state index contributed by atoms with van der Waals surface area (Å²) in [6, 6.07) is 17.5. The van der Waals surface area contributed by atoms with E-state index in [-0.39, 0.29) is 12.4 Å². The van der Waals surface area contributed by atoms with Crippen LogP contribution in [0.3, 0.4) is 0 Å². The first-order valence-electron chi connectivity index (χ1n) is 7.86. The van der Waals surface area contributed by atoms with Crippen LogP contribution < -0.4 is 10.1 Å². The minimum Gasteiger partial charge on any atom is -0.488 e. The maximum atomic E-state index is 13.8. The highest BCUT2D eigenvalue weighted by Crippen LogP contribution is 2.29. The monoisotopic (exact) mass is 453 g/mol. The van der Waals surface area contributed by atoms with Crippen molar-refractivity contribution in [3.05, 3.63) is 92.1 Å². The lowest BCUT2D eigenvalue weighted by Gasteiger charge is -2.14. The standard InChI is InChI=1S/C20H15BrCl2FNO/c21-15-5-8-20(26-12-13-3-1-2-4-18(13)24)14(9-15)11-25-19-7-6-16(22)10-17(19)23/h1-10,25H,11-12H2. The number of halogens is 4. The molecule has 0 aromatic heterocycles. The van der Waals surface area contributed by atoms with Crippen LogP contribution >= 0.6 is 39.1 Å². The van der Waals surface area contributed by atoms with Crippen LogP contribution in [0.15, 0.2) is 65.1 Å². The highest BCUT2D eigenvalue weighted by Gasteiger charge is 2.09. The molecule has 0 aliphatic rings. The Morgan fingerprint density at radius 1 is 0.962 bits per heavy atom. The summed E-state index contributed by atoms with van der Waals surface area (Å²) in [4.78, 5) is 0. The molecule has 0 aliphatic heterocycles. The van der Waals surface area contributed by atoms with Crippen molar-refractivity contribution in [2.24, 2.45) is 0 Å². The summed E-state index contributed by atoms with van der Waals surface area (Å²) in [5.74, 6) is 0.395. The van der Waals surface area contributed by atoms with E-state index < -0.39 is 0 Å². The van der Waals surface area contributed by atoms with Gasteiger partial charge in [0.15, 0.2) is 0 Å². The number of benzene rings is 3. The van der Waals surface area contributed by atoms with Crippen LogP contribution in [0.1, 0.15) is 11.1 Å². The summed E-state index contributed by atoms with van der Waals surface area (Å²) in [6.45, 7) is 0.649. The van der Waals surface area contributed by atoms with Gasteiger partial charge in [0.05, 0.1) is 10.7 Å². The van der Waals surface area contributed by atoms with Crippen molar-refractivity contribution in [1.82, 2.24) is 0 Å². The van der Waals surface area contributed by atoms with E-state index in [0.717, 1.165) is 15.7 Å². The molecule has 3 aromatic rings. The summed E-state index contributed by atoms with van der Waals surface area (Å²) in [5, 5.41) is 4.39. The van der Waals surface area contributed by atoms with Gasteiger partial charge in [-0.05, 0) is 42.5 Å². The molecule has 0 saturated carbocycles. The molecule has 2 nitrogen and oxygen atoms in total. The van der Waals surface area contributed by atoms with Gasteiger partial charge in [-0.1, -0.05) is 57.3 Å². The summed E-state index contributed by atoms with van der Waals surface area (Å²) in [5.41, 5.74) is 2.20. The minimum atomic E-state index is -0.280. The van der Waals surface area contributed by atoms with E-state index in [2.05, 4.69) is 21.2 Å². The zero-order chi connectivity index (χ0) is 18.5. The number of hydrogen-bond donors (Lipinski definition) is 1. The van der Waals surface area contributed by atoms with Gasteiger partial charge >= 0.3 is 0 Å². The van der Waals surface area contributed by atoms with Crippen LogP contribution in [-0.2, 0) is 13.2 Å².